The maximum atomic E-state index is 15.0. The zero-order chi connectivity index (χ0) is 27.8. The number of halogens is 1. The molecule has 1 saturated heterocycles. The lowest BCUT2D eigenvalue weighted by atomic mass is 10.0. The van der Waals surface area contributed by atoms with E-state index in [-0.39, 0.29) is 36.2 Å². The van der Waals surface area contributed by atoms with Gasteiger partial charge in [0.25, 0.3) is 0 Å². The van der Waals surface area contributed by atoms with Gasteiger partial charge in [0.2, 0.25) is 5.91 Å². The fourth-order valence-electron chi connectivity index (χ4n) is 4.37. The lowest BCUT2D eigenvalue weighted by Crippen LogP contribution is -2.48. The highest BCUT2D eigenvalue weighted by Gasteiger charge is 2.24. The number of para-hydroxylation sites is 2. The number of rotatable bonds is 11. The van der Waals surface area contributed by atoms with Crippen LogP contribution in [0.2, 0.25) is 0 Å². The average Bonchev–Trinajstić information content (AvgIpc) is 2.92. The molecule has 0 aliphatic carbocycles. The Bertz CT molecular complexity index is 1360. The van der Waals surface area contributed by atoms with Crippen molar-refractivity contribution in [3.8, 4) is 16.9 Å². The number of sulfone groups is 1. The van der Waals surface area contributed by atoms with Crippen molar-refractivity contribution in [3.63, 3.8) is 0 Å². The third-order valence-corrected chi connectivity index (χ3v) is 7.47. The largest absolute Gasteiger partial charge is 0.487 e. The van der Waals surface area contributed by atoms with Gasteiger partial charge in [-0.2, -0.15) is 0 Å². The first-order valence-corrected chi connectivity index (χ1v) is 14.9. The van der Waals surface area contributed by atoms with Gasteiger partial charge < -0.3 is 25.8 Å². The second-order valence-electron chi connectivity index (χ2n) is 9.74. The third-order valence-electron chi connectivity index (χ3n) is 6.50. The molecule has 10 heteroatoms. The molecule has 8 nitrogen and oxygen atoms in total. The summed E-state index contributed by atoms with van der Waals surface area (Å²) in [6.07, 6.45) is 1.72. The van der Waals surface area contributed by atoms with E-state index >= 15 is 0 Å². The van der Waals surface area contributed by atoms with E-state index in [1.54, 1.807) is 36.4 Å². The molecule has 4 N–H and O–H groups in total. The smallest absolute Gasteiger partial charge is 0.241 e. The number of anilines is 1. The molecule has 3 aromatic rings. The van der Waals surface area contributed by atoms with E-state index in [2.05, 4.69) is 10.6 Å². The van der Waals surface area contributed by atoms with Gasteiger partial charge in [0, 0.05) is 35.7 Å². The number of ether oxygens (including phenoxy) is 2. The number of carbonyl (C=O) groups is 1. The molecule has 0 spiro atoms. The summed E-state index contributed by atoms with van der Waals surface area (Å²) in [4.78, 5) is 12.9. The van der Waals surface area contributed by atoms with Gasteiger partial charge in [-0.05, 0) is 30.5 Å². The highest BCUT2D eigenvalue weighted by atomic mass is 32.2. The minimum atomic E-state index is -3.04. The Morgan fingerprint density at radius 3 is 2.54 bits per heavy atom. The molecule has 0 bridgehead atoms. The van der Waals surface area contributed by atoms with Crippen LogP contribution in [0.4, 0.5) is 10.1 Å². The van der Waals surface area contributed by atoms with Crippen molar-refractivity contribution < 1.29 is 27.1 Å². The van der Waals surface area contributed by atoms with Gasteiger partial charge in [-0.25, -0.2) is 12.8 Å². The maximum Gasteiger partial charge on any atom is 0.241 e. The van der Waals surface area contributed by atoms with Gasteiger partial charge in [0.05, 0.1) is 18.4 Å². The molecule has 1 heterocycles. The van der Waals surface area contributed by atoms with Crippen LogP contribution in [0.3, 0.4) is 0 Å². The van der Waals surface area contributed by atoms with Crippen LogP contribution in [-0.2, 0) is 25.8 Å². The van der Waals surface area contributed by atoms with E-state index in [9.17, 15) is 17.6 Å². The monoisotopic (exact) mass is 555 g/mol. The Labute approximate surface area is 228 Å². The molecule has 4 rings (SSSR count). The number of benzene rings is 3. The first-order chi connectivity index (χ1) is 18.7. The summed E-state index contributed by atoms with van der Waals surface area (Å²) in [5.74, 6) is -0.752. The second-order valence-corrected chi connectivity index (χ2v) is 12.0. The zero-order valence-corrected chi connectivity index (χ0v) is 22.6. The summed E-state index contributed by atoms with van der Waals surface area (Å²) in [5.41, 5.74) is 8.70. The molecule has 39 heavy (non-hydrogen) atoms. The van der Waals surface area contributed by atoms with Crippen molar-refractivity contribution in [2.75, 3.05) is 37.1 Å². The number of hydrogen-bond donors (Lipinski definition) is 3. The summed E-state index contributed by atoms with van der Waals surface area (Å²) in [6.45, 7) is 0.881. The standard InChI is InChI=1S/C29H34FN3O5S/c1-39(35,36)15-14-21-18-37-22(17-32-21)19-38-28-24(11-7-12-25(28)30)23-10-5-6-13-27(23)33-29(34)26(31)16-20-8-3-2-4-9-20/h2-13,21-22,26,32H,14-19,31H2,1H3,(H,33,34)/t21-,22+,26+/m1/s1. The SMILES string of the molecule is CS(=O)(=O)CC[C@@H]1CO[C@H](COc2c(F)cccc2-c2ccccc2NC(=O)[C@@H](N)Cc2ccccc2)CN1. The van der Waals surface area contributed by atoms with E-state index in [0.29, 0.717) is 42.8 Å². The van der Waals surface area contributed by atoms with Crippen LogP contribution >= 0.6 is 0 Å². The first kappa shape index (κ1) is 28.7. The Morgan fingerprint density at radius 2 is 1.82 bits per heavy atom. The topological polar surface area (TPSA) is 120 Å². The predicted octanol–water partition coefficient (Wildman–Crippen LogP) is 3.17. The van der Waals surface area contributed by atoms with Crippen LogP contribution in [-0.4, -0.2) is 64.3 Å². The van der Waals surface area contributed by atoms with E-state index in [1.165, 1.54) is 12.3 Å². The molecule has 208 valence electrons. The zero-order valence-electron chi connectivity index (χ0n) is 21.8. The van der Waals surface area contributed by atoms with Gasteiger partial charge in [-0.1, -0.05) is 60.7 Å². The number of amides is 1. The van der Waals surface area contributed by atoms with E-state index in [4.69, 9.17) is 15.2 Å². The van der Waals surface area contributed by atoms with E-state index in [0.717, 1.165) is 5.56 Å². The Balaban J connectivity index is 1.42. The number of hydrogen-bond acceptors (Lipinski definition) is 7. The Hall–Kier alpha value is -3.31. The summed E-state index contributed by atoms with van der Waals surface area (Å²) in [5, 5.41) is 6.16. The fourth-order valence-corrected chi connectivity index (χ4v) is 5.09. The molecule has 0 radical (unpaired) electrons. The molecule has 0 aromatic heterocycles. The minimum absolute atomic E-state index is 0.0515. The molecule has 0 unspecified atom stereocenters. The highest BCUT2D eigenvalue weighted by molar-refractivity contribution is 7.90. The molecule has 1 aliphatic rings. The quantitative estimate of drug-likeness (QED) is 0.333. The van der Waals surface area contributed by atoms with Gasteiger partial charge in [0.15, 0.2) is 11.6 Å². The van der Waals surface area contributed by atoms with Gasteiger partial charge in [-0.3, -0.25) is 4.79 Å². The van der Waals surface area contributed by atoms with Crippen molar-refractivity contribution in [1.82, 2.24) is 5.32 Å². The third kappa shape index (κ3) is 8.34. The summed E-state index contributed by atoms with van der Waals surface area (Å²) >= 11 is 0. The second kappa shape index (κ2) is 13.2. The molecule has 1 amide bonds. The van der Waals surface area contributed by atoms with Crippen molar-refractivity contribution in [2.45, 2.75) is 31.0 Å². The van der Waals surface area contributed by atoms with E-state index in [1.807, 2.05) is 30.3 Å². The average molecular weight is 556 g/mol. The van der Waals surface area contributed by atoms with Crippen LogP contribution in [0.5, 0.6) is 5.75 Å². The number of morpholine rings is 1. The van der Waals surface area contributed by atoms with Crippen molar-refractivity contribution >= 4 is 21.4 Å². The highest BCUT2D eigenvalue weighted by Crippen LogP contribution is 2.37. The summed E-state index contributed by atoms with van der Waals surface area (Å²) in [6, 6.07) is 20.4. The lowest BCUT2D eigenvalue weighted by molar-refractivity contribution is -0.117. The molecule has 1 fully saturated rings. The van der Waals surface area contributed by atoms with Crippen LogP contribution in [0.25, 0.3) is 11.1 Å². The first-order valence-electron chi connectivity index (χ1n) is 12.8. The predicted molar refractivity (Wildman–Crippen MR) is 150 cm³/mol. The Kier molecular flexibility index (Phi) is 9.68. The minimum Gasteiger partial charge on any atom is -0.487 e. The normalized spacial score (nSPS) is 18.3. The number of carbonyl (C=O) groups excluding carboxylic acids is 1. The molecule has 0 saturated carbocycles. The molecular formula is C29H34FN3O5S. The molecule has 3 atom stereocenters. The Morgan fingerprint density at radius 1 is 1.10 bits per heavy atom. The molecule has 3 aromatic carbocycles. The van der Waals surface area contributed by atoms with Crippen LogP contribution in [0.15, 0.2) is 72.8 Å². The summed E-state index contributed by atoms with van der Waals surface area (Å²) < 4.78 is 49.6. The fraction of sp³-hybridized carbons (Fsp3) is 0.345. The van der Waals surface area contributed by atoms with Gasteiger partial charge in [-0.15, -0.1) is 0 Å². The van der Waals surface area contributed by atoms with E-state index < -0.39 is 21.7 Å². The lowest BCUT2D eigenvalue weighted by Gasteiger charge is -2.30. The van der Waals surface area contributed by atoms with Crippen molar-refractivity contribution in [2.24, 2.45) is 5.73 Å². The van der Waals surface area contributed by atoms with Crippen LogP contribution in [0.1, 0.15) is 12.0 Å². The van der Waals surface area contributed by atoms with Crippen molar-refractivity contribution in [1.29, 1.82) is 0 Å². The van der Waals surface area contributed by atoms with Crippen LogP contribution < -0.4 is 21.1 Å². The number of nitrogens with two attached hydrogens (primary N) is 1. The van der Waals surface area contributed by atoms with Gasteiger partial charge in [0.1, 0.15) is 22.5 Å². The van der Waals surface area contributed by atoms with Crippen molar-refractivity contribution in [3.05, 3.63) is 84.2 Å². The summed E-state index contributed by atoms with van der Waals surface area (Å²) in [7, 11) is -3.04. The maximum absolute atomic E-state index is 15.0. The van der Waals surface area contributed by atoms with Crippen LogP contribution in [0, 0.1) is 5.82 Å². The molecule has 1 aliphatic heterocycles. The van der Waals surface area contributed by atoms with Gasteiger partial charge >= 0.3 is 0 Å². The number of nitrogens with one attached hydrogen (secondary N) is 2. The molecular weight excluding hydrogens is 521 g/mol.